The van der Waals surface area contributed by atoms with Gasteiger partial charge < -0.3 is 10.1 Å². The number of hydrogen-bond acceptors (Lipinski definition) is 4. The summed E-state index contributed by atoms with van der Waals surface area (Å²) in [6.45, 7) is 2.53. The van der Waals surface area contributed by atoms with E-state index >= 15 is 0 Å². The number of nitrogens with zero attached hydrogens (tertiary/aromatic N) is 1. The molecule has 1 aliphatic rings. The minimum Gasteiger partial charge on any atom is -0.379 e. The fourth-order valence-electron chi connectivity index (χ4n) is 2.96. The molecule has 0 amide bonds. The Morgan fingerprint density at radius 3 is 2.19 bits per heavy atom. The predicted octanol–water partition coefficient (Wildman–Crippen LogP) is 2.28. The Kier molecular flexibility index (Phi) is 6.37. The number of benzene rings is 2. The fraction of sp³-hybridized carbons (Fsp3) is 0.368. The summed E-state index contributed by atoms with van der Waals surface area (Å²) in [4.78, 5) is 0. The summed E-state index contributed by atoms with van der Waals surface area (Å²) in [5.74, 6) is -0.284. The molecule has 0 atom stereocenters. The van der Waals surface area contributed by atoms with Crippen molar-refractivity contribution >= 4 is 10.0 Å². The summed E-state index contributed by atoms with van der Waals surface area (Å²) in [5.41, 5.74) is 2.26. The predicted molar refractivity (Wildman–Crippen MR) is 98.4 cm³/mol. The third-order valence-corrected chi connectivity index (χ3v) is 6.24. The second kappa shape index (κ2) is 8.73. The highest BCUT2D eigenvalue weighted by Gasteiger charge is 2.25. The van der Waals surface area contributed by atoms with Gasteiger partial charge in [0.25, 0.3) is 0 Å². The maximum atomic E-state index is 13.7. The second-order valence-corrected chi connectivity index (χ2v) is 8.20. The molecule has 3 rings (SSSR count). The van der Waals surface area contributed by atoms with E-state index in [0.717, 1.165) is 11.1 Å². The van der Waals surface area contributed by atoms with Crippen molar-refractivity contribution in [1.29, 1.82) is 0 Å². The molecule has 0 radical (unpaired) electrons. The molecule has 1 saturated heterocycles. The van der Waals surface area contributed by atoms with Gasteiger partial charge >= 0.3 is 0 Å². The van der Waals surface area contributed by atoms with Gasteiger partial charge in [-0.2, -0.15) is 4.31 Å². The van der Waals surface area contributed by atoms with E-state index in [1.54, 1.807) is 18.2 Å². The van der Waals surface area contributed by atoms with E-state index in [4.69, 9.17) is 4.74 Å². The third-order valence-electron chi connectivity index (χ3n) is 4.41. The summed E-state index contributed by atoms with van der Waals surface area (Å²) in [5, 5.41) is 3.20. The summed E-state index contributed by atoms with van der Waals surface area (Å²) < 4.78 is 45.7. The summed E-state index contributed by atoms with van der Waals surface area (Å²) in [7, 11) is -3.38. The summed E-state index contributed by atoms with van der Waals surface area (Å²) in [6, 6.07) is 14.1. The molecule has 0 aliphatic carbocycles. The van der Waals surface area contributed by atoms with Crippen LogP contribution in [0.2, 0.25) is 0 Å². The first-order valence-corrected chi connectivity index (χ1v) is 10.2. The Morgan fingerprint density at radius 1 is 0.923 bits per heavy atom. The molecule has 0 aromatic heterocycles. The monoisotopic (exact) mass is 378 g/mol. The normalized spacial score (nSPS) is 15.9. The topological polar surface area (TPSA) is 58.6 Å². The maximum Gasteiger partial charge on any atom is 0.218 e. The van der Waals surface area contributed by atoms with Crippen LogP contribution in [0.3, 0.4) is 0 Å². The van der Waals surface area contributed by atoms with Crippen molar-refractivity contribution in [2.75, 3.05) is 26.3 Å². The summed E-state index contributed by atoms with van der Waals surface area (Å²) >= 11 is 0. The first kappa shape index (κ1) is 19.0. The fourth-order valence-corrected chi connectivity index (χ4v) is 4.52. The van der Waals surface area contributed by atoms with Gasteiger partial charge in [-0.05, 0) is 17.2 Å². The lowest BCUT2D eigenvalue weighted by Crippen LogP contribution is -2.41. The number of rotatable bonds is 7. The van der Waals surface area contributed by atoms with Crippen molar-refractivity contribution in [1.82, 2.24) is 9.62 Å². The van der Waals surface area contributed by atoms with Crippen LogP contribution in [0.1, 0.15) is 16.7 Å². The van der Waals surface area contributed by atoms with E-state index in [-0.39, 0.29) is 11.6 Å². The van der Waals surface area contributed by atoms with E-state index in [1.165, 1.54) is 10.4 Å². The first-order valence-electron chi connectivity index (χ1n) is 8.63. The second-order valence-electron chi connectivity index (χ2n) is 6.23. The van der Waals surface area contributed by atoms with Crippen LogP contribution in [0.5, 0.6) is 0 Å². The zero-order valence-corrected chi connectivity index (χ0v) is 15.3. The van der Waals surface area contributed by atoms with Crippen LogP contribution in [-0.2, 0) is 33.6 Å². The molecule has 0 spiro atoms. The van der Waals surface area contributed by atoms with Gasteiger partial charge in [0.15, 0.2) is 0 Å². The number of ether oxygens (including phenoxy) is 1. The number of halogens is 1. The highest BCUT2D eigenvalue weighted by Crippen LogP contribution is 2.17. The lowest BCUT2D eigenvalue weighted by Gasteiger charge is -2.26. The standard InChI is InChI=1S/C19H23FN2O3S/c20-19-8-4-3-6-17(19)14-21-13-16-5-1-2-7-18(16)15-26(23,24)22-9-11-25-12-10-22/h1-8,21H,9-15H2. The minimum atomic E-state index is -3.38. The van der Waals surface area contributed by atoms with Crippen LogP contribution >= 0.6 is 0 Å². The first-order chi connectivity index (χ1) is 12.6. The van der Waals surface area contributed by atoms with Crippen LogP contribution in [0.4, 0.5) is 4.39 Å². The average molecular weight is 378 g/mol. The zero-order chi connectivity index (χ0) is 18.4. The Morgan fingerprint density at radius 2 is 1.50 bits per heavy atom. The SMILES string of the molecule is O=S(=O)(Cc1ccccc1CNCc1ccccc1F)N1CCOCC1. The number of hydrogen-bond donors (Lipinski definition) is 1. The Labute approximate surface area is 153 Å². The highest BCUT2D eigenvalue weighted by molar-refractivity contribution is 7.88. The van der Waals surface area contributed by atoms with Gasteiger partial charge in [0.1, 0.15) is 5.82 Å². The van der Waals surface area contributed by atoms with E-state index in [9.17, 15) is 12.8 Å². The van der Waals surface area contributed by atoms with Crippen molar-refractivity contribution < 1.29 is 17.5 Å². The zero-order valence-electron chi connectivity index (χ0n) is 14.5. The van der Waals surface area contributed by atoms with Gasteiger partial charge in [0.2, 0.25) is 10.0 Å². The van der Waals surface area contributed by atoms with Gasteiger partial charge in [-0.15, -0.1) is 0 Å². The quantitative estimate of drug-likeness (QED) is 0.803. The number of nitrogens with one attached hydrogen (secondary N) is 1. The van der Waals surface area contributed by atoms with E-state index < -0.39 is 10.0 Å². The molecule has 2 aromatic carbocycles. The molecule has 1 heterocycles. The average Bonchev–Trinajstić information content (AvgIpc) is 2.65. The Hall–Kier alpha value is -1.80. The lowest BCUT2D eigenvalue weighted by atomic mass is 10.1. The van der Waals surface area contributed by atoms with Crippen molar-refractivity contribution in [2.45, 2.75) is 18.8 Å². The molecule has 1 aliphatic heterocycles. The van der Waals surface area contributed by atoms with Gasteiger partial charge in [-0.25, -0.2) is 12.8 Å². The van der Waals surface area contributed by atoms with Crippen LogP contribution in [0.25, 0.3) is 0 Å². The number of sulfonamides is 1. The van der Waals surface area contributed by atoms with Crippen molar-refractivity contribution in [3.63, 3.8) is 0 Å². The molecule has 2 aromatic rings. The molecule has 140 valence electrons. The largest absolute Gasteiger partial charge is 0.379 e. The minimum absolute atomic E-state index is 0.0372. The Balaban J connectivity index is 1.65. The lowest BCUT2D eigenvalue weighted by molar-refractivity contribution is 0.0729. The van der Waals surface area contributed by atoms with Crippen molar-refractivity contribution in [3.05, 3.63) is 71.0 Å². The van der Waals surface area contributed by atoms with Gasteiger partial charge in [0, 0.05) is 31.7 Å². The van der Waals surface area contributed by atoms with Crippen LogP contribution in [-0.4, -0.2) is 39.0 Å². The molecule has 7 heteroatoms. The molecule has 1 fully saturated rings. The highest BCUT2D eigenvalue weighted by atomic mass is 32.2. The van der Waals surface area contributed by atoms with Gasteiger partial charge in [0.05, 0.1) is 19.0 Å². The van der Waals surface area contributed by atoms with E-state index in [2.05, 4.69) is 5.32 Å². The van der Waals surface area contributed by atoms with E-state index in [1.807, 2.05) is 24.3 Å². The molecule has 5 nitrogen and oxygen atoms in total. The molecule has 26 heavy (non-hydrogen) atoms. The van der Waals surface area contributed by atoms with Crippen LogP contribution in [0, 0.1) is 5.82 Å². The maximum absolute atomic E-state index is 13.7. The molecule has 0 saturated carbocycles. The summed E-state index contributed by atoms with van der Waals surface area (Å²) in [6.07, 6.45) is 0. The molecule has 0 bridgehead atoms. The van der Waals surface area contributed by atoms with Crippen LogP contribution < -0.4 is 5.32 Å². The molecular formula is C19H23FN2O3S. The third kappa shape index (κ3) is 4.88. The molecule has 1 N–H and O–H groups in total. The van der Waals surface area contributed by atoms with Gasteiger partial charge in [-0.3, -0.25) is 0 Å². The van der Waals surface area contributed by atoms with Crippen LogP contribution in [0.15, 0.2) is 48.5 Å². The Bertz CT molecular complexity index is 836. The molecule has 0 unspecified atom stereocenters. The molecular weight excluding hydrogens is 355 g/mol. The number of morpholine rings is 1. The van der Waals surface area contributed by atoms with Crippen molar-refractivity contribution in [2.24, 2.45) is 0 Å². The van der Waals surface area contributed by atoms with Crippen molar-refractivity contribution in [3.8, 4) is 0 Å². The van der Waals surface area contributed by atoms with Gasteiger partial charge in [-0.1, -0.05) is 42.5 Å². The van der Waals surface area contributed by atoms with E-state index in [0.29, 0.717) is 45.0 Å². The smallest absolute Gasteiger partial charge is 0.218 e.